The van der Waals surface area contributed by atoms with Crippen LogP contribution in [0.1, 0.15) is 11.5 Å². The number of nitro groups is 1. The molecular formula is C11H12N4O4S. The maximum Gasteiger partial charge on any atom is 0.276 e. The predicted molar refractivity (Wildman–Crippen MR) is 71.4 cm³/mol. The van der Waals surface area contributed by atoms with Gasteiger partial charge in [-0.3, -0.25) is 10.1 Å². The highest BCUT2D eigenvalue weighted by Crippen LogP contribution is 2.27. The fraction of sp³-hybridized carbons (Fsp3) is 0.273. The molecule has 0 fully saturated rings. The minimum absolute atomic E-state index is 0.0203. The number of nitro benzene ring substituents is 1. The summed E-state index contributed by atoms with van der Waals surface area (Å²) in [7, 11) is 1.46. The molecule has 0 aliphatic carbocycles. The lowest BCUT2D eigenvalue weighted by Gasteiger charge is -2.03. The van der Waals surface area contributed by atoms with Gasteiger partial charge in [0, 0.05) is 11.8 Å². The fourth-order valence-corrected chi connectivity index (χ4v) is 2.18. The second kappa shape index (κ2) is 6.35. The smallest absolute Gasteiger partial charge is 0.276 e. The van der Waals surface area contributed by atoms with Crippen LogP contribution in [-0.2, 0) is 12.3 Å². The van der Waals surface area contributed by atoms with Crippen LogP contribution in [0.4, 0.5) is 5.69 Å². The second-order valence-electron chi connectivity index (χ2n) is 3.75. The van der Waals surface area contributed by atoms with E-state index in [9.17, 15) is 10.1 Å². The zero-order valence-corrected chi connectivity index (χ0v) is 11.4. The molecule has 9 heteroatoms. The normalized spacial score (nSPS) is 10.5. The second-order valence-corrected chi connectivity index (χ2v) is 4.68. The zero-order valence-electron chi connectivity index (χ0n) is 10.6. The maximum atomic E-state index is 10.8. The lowest BCUT2D eigenvalue weighted by Crippen LogP contribution is -1.95. The first kappa shape index (κ1) is 14.3. The summed E-state index contributed by atoms with van der Waals surface area (Å²) < 4.78 is 10.3. The van der Waals surface area contributed by atoms with Crippen molar-refractivity contribution in [2.75, 3.05) is 7.11 Å². The molecule has 2 aromatic rings. The summed E-state index contributed by atoms with van der Waals surface area (Å²) in [6.07, 6.45) is 0. The van der Waals surface area contributed by atoms with E-state index in [1.807, 2.05) is 0 Å². The molecule has 8 nitrogen and oxygen atoms in total. The zero-order chi connectivity index (χ0) is 14.5. The Morgan fingerprint density at radius 1 is 1.45 bits per heavy atom. The molecule has 0 saturated heterocycles. The fourth-order valence-electron chi connectivity index (χ4n) is 1.47. The number of benzene rings is 1. The van der Waals surface area contributed by atoms with Crippen molar-refractivity contribution < 1.29 is 14.1 Å². The van der Waals surface area contributed by atoms with Gasteiger partial charge in [-0.1, -0.05) is 11.8 Å². The highest BCUT2D eigenvalue weighted by atomic mass is 32.2. The molecule has 0 atom stereocenters. The van der Waals surface area contributed by atoms with Crippen LogP contribution >= 0.6 is 11.8 Å². The summed E-state index contributed by atoms with van der Waals surface area (Å²) in [6, 6.07) is 4.57. The molecule has 0 radical (unpaired) electrons. The highest BCUT2D eigenvalue weighted by molar-refractivity contribution is 7.98. The topological polar surface area (TPSA) is 117 Å². The van der Waals surface area contributed by atoms with Gasteiger partial charge < -0.3 is 14.9 Å². The van der Waals surface area contributed by atoms with Gasteiger partial charge in [-0.25, -0.2) is 0 Å². The van der Waals surface area contributed by atoms with Crippen molar-refractivity contribution in [1.82, 2.24) is 10.2 Å². The molecule has 0 unspecified atom stereocenters. The number of thioether (sulfide) groups is 1. The maximum absolute atomic E-state index is 10.8. The number of hydrogen-bond acceptors (Lipinski definition) is 8. The van der Waals surface area contributed by atoms with Gasteiger partial charge in [0.1, 0.15) is 5.75 Å². The average Bonchev–Trinajstić information content (AvgIpc) is 2.92. The summed E-state index contributed by atoms with van der Waals surface area (Å²) >= 11 is 1.28. The standard InChI is InChI=1S/C11H12N4O4S/c1-18-9-3-7(2-8(4-9)15(16)17)6-20-11-14-13-10(5-12)19-11/h2-4H,5-6,12H2,1H3. The van der Waals surface area contributed by atoms with Crippen LogP contribution in [0.15, 0.2) is 27.8 Å². The third-order valence-electron chi connectivity index (χ3n) is 2.38. The van der Waals surface area contributed by atoms with Crippen LogP contribution in [0.2, 0.25) is 0 Å². The van der Waals surface area contributed by atoms with Crippen LogP contribution in [0, 0.1) is 10.1 Å². The van der Waals surface area contributed by atoms with Crippen LogP contribution in [-0.4, -0.2) is 22.2 Å². The van der Waals surface area contributed by atoms with Crippen LogP contribution < -0.4 is 10.5 Å². The summed E-state index contributed by atoms with van der Waals surface area (Å²) in [6.45, 7) is 0.179. The Morgan fingerprint density at radius 3 is 2.85 bits per heavy atom. The Balaban J connectivity index is 2.12. The Hall–Kier alpha value is -2.13. The summed E-state index contributed by atoms with van der Waals surface area (Å²) in [5, 5.41) is 18.7. The number of aromatic nitrogens is 2. The molecule has 0 amide bonds. The van der Waals surface area contributed by atoms with E-state index in [4.69, 9.17) is 14.9 Å². The first-order valence-electron chi connectivity index (χ1n) is 5.60. The molecule has 0 aliphatic rings. The van der Waals surface area contributed by atoms with E-state index in [1.54, 1.807) is 6.07 Å². The molecule has 2 N–H and O–H groups in total. The van der Waals surface area contributed by atoms with Gasteiger partial charge in [0.2, 0.25) is 5.89 Å². The van der Waals surface area contributed by atoms with Crippen molar-refractivity contribution >= 4 is 17.4 Å². The summed E-state index contributed by atoms with van der Waals surface area (Å²) in [5.41, 5.74) is 6.07. The van der Waals surface area contributed by atoms with Gasteiger partial charge in [-0.05, 0) is 11.6 Å². The van der Waals surface area contributed by atoms with Crippen LogP contribution in [0.3, 0.4) is 0 Å². The molecule has 0 bridgehead atoms. The number of nitrogens with zero attached hydrogens (tertiary/aromatic N) is 3. The highest BCUT2D eigenvalue weighted by Gasteiger charge is 2.12. The molecule has 20 heavy (non-hydrogen) atoms. The first-order valence-corrected chi connectivity index (χ1v) is 6.58. The van der Waals surface area contributed by atoms with Crippen molar-refractivity contribution in [1.29, 1.82) is 0 Å². The number of methoxy groups -OCH3 is 1. The quantitative estimate of drug-likeness (QED) is 0.486. The van der Waals surface area contributed by atoms with Gasteiger partial charge in [0.15, 0.2) is 0 Å². The number of non-ortho nitro benzene ring substituents is 1. The molecule has 1 heterocycles. The molecule has 1 aromatic carbocycles. The molecule has 0 saturated carbocycles. The van der Waals surface area contributed by atoms with E-state index in [0.29, 0.717) is 22.6 Å². The van der Waals surface area contributed by atoms with Crippen LogP contribution in [0.5, 0.6) is 5.75 Å². The van der Waals surface area contributed by atoms with Crippen LogP contribution in [0.25, 0.3) is 0 Å². The third kappa shape index (κ3) is 3.45. The SMILES string of the molecule is COc1cc(CSc2nnc(CN)o2)cc([N+](=O)[O-])c1. The average molecular weight is 296 g/mol. The minimum Gasteiger partial charge on any atom is -0.496 e. The summed E-state index contributed by atoms with van der Waals surface area (Å²) in [4.78, 5) is 10.4. The van der Waals surface area contributed by atoms with Gasteiger partial charge >= 0.3 is 0 Å². The van der Waals surface area contributed by atoms with E-state index < -0.39 is 4.92 Å². The van der Waals surface area contributed by atoms with Crippen molar-refractivity contribution in [2.24, 2.45) is 5.73 Å². The summed E-state index contributed by atoms with van der Waals surface area (Å²) in [5.74, 6) is 1.23. The lowest BCUT2D eigenvalue weighted by atomic mass is 10.2. The van der Waals surface area contributed by atoms with Crippen molar-refractivity contribution in [3.8, 4) is 5.75 Å². The molecule has 2 rings (SSSR count). The van der Waals surface area contributed by atoms with Crippen molar-refractivity contribution in [3.05, 3.63) is 39.8 Å². The number of ether oxygens (including phenoxy) is 1. The lowest BCUT2D eigenvalue weighted by molar-refractivity contribution is -0.385. The first-order chi connectivity index (χ1) is 9.62. The number of hydrogen-bond donors (Lipinski definition) is 1. The van der Waals surface area contributed by atoms with Crippen molar-refractivity contribution in [2.45, 2.75) is 17.5 Å². The van der Waals surface area contributed by atoms with Gasteiger partial charge in [0.05, 0.1) is 24.6 Å². The molecular weight excluding hydrogens is 284 g/mol. The number of rotatable bonds is 6. The third-order valence-corrected chi connectivity index (χ3v) is 3.27. The van der Waals surface area contributed by atoms with Gasteiger partial charge in [-0.2, -0.15) is 0 Å². The Labute approximate surface area is 118 Å². The van der Waals surface area contributed by atoms with E-state index in [1.165, 1.54) is 31.0 Å². The number of nitrogens with two attached hydrogens (primary N) is 1. The largest absolute Gasteiger partial charge is 0.496 e. The van der Waals surface area contributed by atoms with E-state index >= 15 is 0 Å². The van der Waals surface area contributed by atoms with Crippen molar-refractivity contribution in [3.63, 3.8) is 0 Å². The monoisotopic (exact) mass is 296 g/mol. The molecule has 0 spiro atoms. The predicted octanol–water partition coefficient (Wildman–Crippen LogP) is 1.74. The van der Waals surface area contributed by atoms with E-state index in [0.717, 1.165) is 5.56 Å². The Kier molecular flexibility index (Phi) is 4.53. The molecule has 1 aromatic heterocycles. The Morgan fingerprint density at radius 2 is 2.25 bits per heavy atom. The van der Waals surface area contributed by atoms with E-state index in [-0.39, 0.29) is 12.2 Å². The molecule has 106 valence electrons. The van der Waals surface area contributed by atoms with Gasteiger partial charge in [-0.15, -0.1) is 10.2 Å². The minimum atomic E-state index is -0.462. The van der Waals surface area contributed by atoms with E-state index in [2.05, 4.69) is 10.2 Å². The van der Waals surface area contributed by atoms with Gasteiger partial charge in [0.25, 0.3) is 10.9 Å². The molecule has 0 aliphatic heterocycles. The Bertz CT molecular complexity index is 616.